The van der Waals surface area contributed by atoms with E-state index in [1.807, 2.05) is 13.8 Å². The summed E-state index contributed by atoms with van der Waals surface area (Å²) in [5, 5.41) is 19.4. The van der Waals surface area contributed by atoms with Gasteiger partial charge in [0.1, 0.15) is 22.8 Å². The monoisotopic (exact) mass is 432 g/mol. The van der Waals surface area contributed by atoms with Gasteiger partial charge in [0.05, 0.1) is 25.1 Å². The van der Waals surface area contributed by atoms with Crippen LogP contribution in [0.1, 0.15) is 41.4 Å². The fourth-order valence-electron chi connectivity index (χ4n) is 3.50. The molecule has 0 aliphatic heterocycles. The molecular weight excluding hydrogens is 410 g/mol. The number of nitrogens with zero attached hydrogens (tertiary/aromatic N) is 2. The second-order valence-corrected chi connectivity index (χ2v) is 7.52. The Morgan fingerprint density at radius 3 is 2.48 bits per heavy atom. The number of methoxy groups -OCH3 is 1. The number of aromatic nitrogens is 2. The van der Waals surface area contributed by atoms with Crippen molar-refractivity contribution >= 4 is 17.0 Å². The van der Waals surface area contributed by atoms with Crippen molar-refractivity contribution < 1.29 is 28.5 Å². The number of hydrogen-bond donors (Lipinski definition) is 2. The number of ether oxygens (including phenoxy) is 1. The Hall–Kier alpha value is -3.33. The predicted octanol–water partition coefficient (Wildman–Crippen LogP) is 3.16. The lowest BCUT2D eigenvalue weighted by molar-refractivity contribution is 0.0694. The van der Waals surface area contributed by atoms with Crippen LogP contribution in [0.3, 0.4) is 0 Å². The third-order valence-electron chi connectivity index (χ3n) is 5.18. The molecule has 3 aromatic rings. The van der Waals surface area contributed by atoms with E-state index in [-0.39, 0.29) is 41.4 Å². The first-order chi connectivity index (χ1) is 14.7. The van der Waals surface area contributed by atoms with E-state index in [1.165, 1.54) is 30.0 Å². The number of carboxylic acid groups (broad SMARTS) is 1. The van der Waals surface area contributed by atoms with Crippen LogP contribution in [0.5, 0.6) is 5.88 Å². The molecule has 2 N–H and O–H groups in total. The van der Waals surface area contributed by atoms with Gasteiger partial charge < -0.3 is 19.5 Å². The quantitative estimate of drug-likeness (QED) is 0.595. The SMILES string of the molecule is COc1nc2c(cc1Cc1ccc(F)cc1F)c(=O)c(C(=O)O)cn2[C@H](CO)C(C)C. The number of benzene rings is 1. The number of halogens is 2. The third kappa shape index (κ3) is 4.27. The summed E-state index contributed by atoms with van der Waals surface area (Å²) in [6, 6.07) is 4.01. The van der Waals surface area contributed by atoms with Crippen LogP contribution in [-0.4, -0.2) is 39.5 Å². The summed E-state index contributed by atoms with van der Waals surface area (Å²) in [6.45, 7) is 3.38. The number of carboxylic acids is 1. The maximum Gasteiger partial charge on any atom is 0.341 e. The fraction of sp³-hybridized carbons (Fsp3) is 0.318. The van der Waals surface area contributed by atoms with Gasteiger partial charge in [-0.25, -0.2) is 13.6 Å². The van der Waals surface area contributed by atoms with Crippen LogP contribution < -0.4 is 10.2 Å². The number of hydrogen-bond acceptors (Lipinski definition) is 5. The number of pyridine rings is 2. The molecular formula is C22H22F2N2O5. The van der Waals surface area contributed by atoms with Gasteiger partial charge in [0.15, 0.2) is 0 Å². The molecule has 0 aliphatic rings. The average molecular weight is 432 g/mol. The maximum absolute atomic E-state index is 14.2. The highest BCUT2D eigenvalue weighted by molar-refractivity contribution is 5.92. The van der Waals surface area contributed by atoms with E-state index in [9.17, 15) is 28.6 Å². The standard InChI is InChI=1S/C22H22F2N2O5/c1-11(2)18(10-27)26-9-16(22(29)30)19(28)15-7-13(21(31-3)25-20(15)26)6-12-4-5-14(23)8-17(12)24/h4-5,7-9,11,18,27H,6,10H2,1-3H3,(H,29,30)/t18-/m1/s1. The van der Waals surface area contributed by atoms with Crippen LogP contribution in [0.25, 0.3) is 11.0 Å². The molecule has 3 rings (SSSR count). The van der Waals surface area contributed by atoms with Gasteiger partial charge in [-0.2, -0.15) is 4.98 Å². The summed E-state index contributed by atoms with van der Waals surface area (Å²) < 4.78 is 34.2. The minimum Gasteiger partial charge on any atom is -0.481 e. The number of aliphatic hydroxyl groups is 1. The molecule has 0 saturated carbocycles. The summed E-state index contributed by atoms with van der Waals surface area (Å²) in [4.78, 5) is 28.9. The Morgan fingerprint density at radius 1 is 1.23 bits per heavy atom. The van der Waals surface area contributed by atoms with Crippen molar-refractivity contribution in [3.63, 3.8) is 0 Å². The van der Waals surface area contributed by atoms with Gasteiger partial charge in [-0.05, 0) is 23.6 Å². The molecule has 0 saturated heterocycles. The summed E-state index contributed by atoms with van der Waals surface area (Å²) in [5.41, 5.74) is -0.599. The number of aromatic carboxylic acids is 1. The number of rotatable bonds is 7. The lowest BCUT2D eigenvalue weighted by Gasteiger charge is -2.24. The first-order valence-corrected chi connectivity index (χ1v) is 9.58. The first kappa shape index (κ1) is 22.4. The predicted molar refractivity (Wildman–Crippen MR) is 110 cm³/mol. The summed E-state index contributed by atoms with van der Waals surface area (Å²) in [5.74, 6) is -2.89. The third-order valence-corrected chi connectivity index (χ3v) is 5.18. The minimum absolute atomic E-state index is 0.00248. The summed E-state index contributed by atoms with van der Waals surface area (Å²) >= 11 is 0. The van der Waals surface area contributed by atoms with Gasteiger partial charge in [-0.3, -0.25) is 4.79 Å². The average Bonchev–Trinajstić information content (AvgIpc) is 2.71. The summed E-state index contributed by atoms with van der Waals surface area (Å²) in [7, 11) is 1.36. The second-order valence-electron chi connectivity index (χ2n) is 7.52. The van der Waals surface area contributed by atoms with E-state index in [1.54, 1.807) is 0 Å². The van der Waals surface area contributed by atoms with E-state index in [4.69, 9.17) is 4.74 Å². The van der Waals surface area contributed by atoms with Crippen LogP contribution in [0, 0.1) is 17.6 Å². The fourth-order valence-corrected chi connectivity index (χ4v) is 3.50. The normalized spacial score (nSPS) is 12.4. The van der Waals surface area contributed by atoms with E-state index in [0.717, 1.165) is 12.1 Å². The van der Waals surface area contributed by atoms with Crippen molar-refractivity contribution in [3.05, 3.63) is 69.0 Å². The van der Waals surface area contributed by atoms with Crippen molar-refractivity contribution in [2.24, 2.45) is 5.92 Å². The molecule has 2 heterocycles. The molecule has 2 aromatic heterocycles. The van der Waals surface area contributed by atoms with Crippen molar-refractivity contribution in [2.75, 3.05) is 13.7 Å². The molecule has 0 fully saturated rings. The van der Waals surface area contributed by atoms with Crippen molar-refractivity contribution in [3.8, 4) is 5.88 Å². The Morgan fingerprint density at radius 2 is 1.94 bits per heavy atom. The molecule has 164 valence electrons. The van der Waals surface area contributed by atoms with E-state index in [2.05, 4.69) is 4.98 Å². The van der Waals surface area contributed by atoms with Gasteiger partial charge in [-0.1, -0.05) is 19.9 Å². The molecule has 1 atom stereocenters. The van der Waals surface area contributed by atoms with Crippen LogP contribution in [0.2, 0.25) is 0 Å². The zero-order chi connectivity index (χ0) is 22.9. The molecule has 1 aromatic carbocycles. The highest BCUT2D eigenvalue weighted by atomic mass is 19.1. The number of aliphatic hydroxyl groups excluding tert-OH is 1. The van der Waals surface area contributed by atoms with Gasteiger partial charge in [-0.15, -0.1) is 0 Å². The molecule has 9 heteroatoms. The van der Waals surface area contributed by atoms with Crippen molar-refractivity contribution in [1.82, 2.24) is 9.55 Å². The molecule has 7 nitrogen and oxygen atoms in total. The highest BCUT2D eigenvalue weighted by Gasteiger charge is 2.24. The minimum atomic E-state index is -1.41. The lowest BCUT2D eigenvalue weighted by atomic mass is 10.0. The Kier molecular flexibility index (Phi) is 6.35. The molecule has 0 radical (unpaired) electrons. The molecule has 0 spiro atoms. The number of fused-ring (bicyclic) bond motifs is 1. The Bertz CT molecular complexity index is 1210. The molecule has 0 unspecified atom stereocenters. The zero-order valence-electron chi connectivity index (χ0n) is 17.2. The largest absolute Gasteiger partial charge is 0.481 e. The highest BCUT2D eigenvalue weighted by Crippen LogP contribution is 2.28. The molecule has 0 aliphatic carbocycles. The second kappa shape index (κ2) is 8.81. The molecule has 0 bridgehead atoms. The Balaban J connectivity index is 2.31. The first-order valence-electron chi connectivity index (χ1n) is 9.58. The van der Waals surface area contributed by atoms with Crippen molar-refractivity contribution in [1.29, 1.82) is 0 Å². The number of carbonyl (C=O) groups is 1. The molecule has 0 amide bonds. The Labute approximate surface area is 176 Å². The maximum atomic E-state index is 14.2. The lowest BCUT2D eigenvalue weighted by Crippen LogP contribution is -2.26. The molecule has 31 heavy (non-hydrogen) atoms. The van der Waals surface area contributed by atoms with Crippen LogP contribution in [0.15, 0.2) is 35.3 Å². The topological polar surface area (TPSA) is 102 Å². The zero-order valence-corrected chi connectivity index (χ0v) is 17.2. The van der Waals surface area contributed by atoms with Gasteiger partial charge >= 0.3 is 5.97 Å². The smallest absolute Gasteiger partial charge is 0.341 e. The van der Waals surface area contributed by atoms with E-state index >= 15 is 0 Å². The van der Waals surface area contributed by atoms with Crippen LogP contribution in [-0.2, 0) is 6.42 Å². The van der Waals surface area contributed by atoms with Gasteiger partial charge in [0.2, 0.25) is 11.3 Å². The summed E-state index contributed by atoms with van der Waals surface area (Å²) in [6.07, 6.45) is 1.11. The van der Waals surface area contributed by atoms with Gasteiger partial charge in [0, 0.05) is 24.2 Å². The van der Waals surface area contributed by atoms with Crippen LogP contribution >= 0.6 is 0 Å². The van der Waals surface area contributed by atoms with E-state index < -0.39 is 34.6 Å². The van der Waals surface area contributed by atoms with Crippen molar-refractivity contribution in [2.45, 2.75) is 26.3 Å². The van der Waals surface area contributed by atoms with Gasteiger partial charge in [0.25, 0.3) is 0 Å². The van der Waals surface area contributed by atoms with Crippen LogP contribution in [0.4, 0.5) is 8.78 Å². The van der Waals surface area contributed by atoms with E-state index in [0.29, 0.717) is 5.56 Å².